The van der Waals surface area contributed by atoms with Crippen LogP contribution in [0.25, 0.3) is 10.9 Å². The first-order valence-electron chi connectivity index (χ1n) is 14.5. The number of aromatic nitrogens is 1. The van der Waals surface area contributed by atoms with E-state index in [0.29, 0.717) is 37.8 Å². The van der Waals surface area contributed by atoms with Crippen LogP contribution in [0.5, 0.6) is 0 Å². The maximum absolute atomic E-state index is 13.3. The number of unbranched alkanes of at least 4 members (excludes halogenated alkanes) is 2. The fourth-order valence-electron chi connectivity index (χ4n) is 5.16. The van der Waals surface area contributed by atoms with Gasteiger partial charge in [-0.2, -0.15) is 12.6 Å². The number of thiol groups is 1. The Hall–Kier alpha value is -3.91. The lowest BCUT2D eigenvalue weighted by Crippen LogP contribution is -2.57. The lowest BCUT2D eigenvalue weighted by Gasteiger charge is -2.28. The molecule has 3 rings (SSSR count). The van der Waals surface area contributed by atoms with Crippen LogP contribution in [-0.4, -0.2) is 88.7 Å². The number of nitrogens with one attached hydrogen (secondary N) is 4. The summed E-state index contributed by atoms with van der Waals surface area (Å²) < 4.78 is 0. The van der Waals surface area contributed by atoms with E-state index in [2.05, 4.69) is 33.6 Å². The van der Waals surface area contributed by atoms with Gasteiger partial charge >= 0.3 is 0 Å². The second-order valence-electron chi connectivity index (χ2n) is 10.7. The van der Waals surface area contributed by atoms with Crippen LogP contribution in [0.1, 0.15) is 50.5 Å². The number of nitrogens with zero attached hydrogens (tertiary/aromatic N) is 1. The van der Waals surface area contributed by atoms with E-state index in [1.807, 2.05) is 24.3 Å². The van der Waals surface area contributed by atoms with Crippen LogP contribution in [0, 0.1) is 0 Å². The molecule has 1 aromatic heterocycles. The molecule has 0 radical (unpaired) electrons. The third kappa shape index (κ3) is 9.82. The summed E-state index contributed by atoms with van der Waals surface area (Å²) >= 11 is 4.20. The molecule has 2 heterocycles. The third-order valence-corrected chi connectivity index (χ3v) is 7.75. The van der Waals surface area contributed by atoms with Gasteiger partial charge in [0, 0.05) is 23.6 Å². The molecule has 2 aromatic rings. The van der Waals surface area contributed by atoms with E-state index in [1.165, 1.54) is 4.90 Å². The first-order valence-corrected chi connectivity index (χ1v) is 15.1. The number of benzene rings is 1. The number of aldehydes is 1. The van der Waals surface area contributed by atoms with Gasteiger partial charge in [-0.15, -0.1) is 0 Å². The Kier molecular flexibility index (Phi) is 13.0. The minimum atomic E-state index is -1.29. The summed E-state index contributed by atoms with van der Waals surface area (Å²) in [5.74, 6) is -2.56. The number of H-pyrrole nitrogens is 1. The van der Waals surface area contributed by atoms with Crippen LogP contribution in [0.3, 0.4) is 0 Å². The number of carbonyl (C=O) groups is 6. The first kappa shape index (κ1) is 33.6. The third-order valence-electron chi connectivity index (χ3n) is 7.44. The van der Waals surface area contributed by atoms with Gasteiger partial charge in [0.2, 0.25) is 29.5 Å². The molecular formula is C29H41N7O6S. The number of para-hydroxylation sites is 1. The number of aromatic amines is 1. The summed E-state index contributed by atoms with van der Waals surface area (Å²) in [6.07, 6.45) is 5.75. The smallest absolute Gasteiger partial charge is 0.246 e. The van der Waals surface area contributed by atoms with Gasteiger partial charge in [-0.05, 0) is 49.5 Å². The molecule has 14 heteroatoms. The average molecular weight is 616 g/mol. The van der Waals surface area contributed by atoms with E-state index < -0.39 is 66.7 Å². The SMILES string of the molecule is NC(=O)C[C@H](NC(=O)[C@H](CCCCCS)NC(=O)CNC(=O)[C@@H](N)Cc1c[nH]c2ccccc12)C(=O)N1CCC[C@H]1C=O. The summed E-state index contributed by atoms with van der Waals surface area (Å²) in [6, 6.07) is 3.75. The van der Waals surface area contributed by atoms with Crippen LogP contribution < -0.4 is 27.4 Å². The van der Waals surface area contributed by atoms with Crippen LogP contribution in [0.2, 0.25) is 0 Å². The van der Waals surface area contributed by atoms with Crippen molar-refractivity contribution in [3.63, 3.8) is 0 Å². The first-order chi connectivity index (χ1) is 20.6. The van der Waals surface area contributed by atoms with Gasteiger partial charge in [0.05, 0.1) is 25.0 Å². The van der Waals surface area contributed by atoms with Gasteiger partial charge in [0.1, 0.15) is 18.4 Å². The Morgan fingerprint density at radius 2 is 1.84 bits per heavy atom. The Morgan fingerprint density at radius 1 is 1.07 bits per heavy atom. The van der Waals surface area contributed by atoms with Crippen LogP contribution in [-0.2, 0) is 35.2 Å². The van der Waals surface area contributed by atoms with Gasteiger partial charge in [0.15, 0.2) is 0 Å². The molecule has 0 bridgehead atoms. The van der Waals surface area contributed by atoms with Crippen molar-refractivity contribution in [1.29, 1.82) is 0 Å². The number of likely N-dealkylation sites (tertiary alicyclic amines) is 1. The molecule has 4 atom stereocenters. The molecule has 0 aliphatic carbocycles. The molecule has 1 saturated heterocycles. The minimum absolute atomic E-state index is 0.248. The summed E-state index contributed by atoms with van der Waals surface area (Å²) in [5.41, 5.74) is 13.2. The minimum Gasteiger partial charge on any atom is -0.370 e. The molecule has 5 amide bonds. The van der Waals surface area contributed by atoms with Gasteiger partial charge in [-0.25, -0.2) is 0 Å². The van der Waals surface area contributed by atoms with Gasteiger partial charge in [-0.3, -0.25) is 24.0 Å². The van der Waals surface area contributed by atoms with E-state index in [9.17, 15) is 28.8 Å². The monoisotopic (exact) mass is 615 g/mol. The predicted octanol–water partition coefficient (Wildman–Crippen LogP) is -0.321. The Bertz CT molecular complexity index is 1300. The molecule has 1 aliphatic rings. The van der Waals surface area contributed by atoms with Crippen molar-refractivity contribution in [3.8, 4) is 0 Å². The maximum atomic E-state index is 13.3. The van der Waals surface area contributed by atoms with Crippen molar-refractivity contribution in [2.45, 2.75) is 75.5 Å². The van der Waals surface area contributed by atoms with E-state index >= 15 is 0 Å². The second-order valence-corrected chi connectivity index (χ2v) is 11.1. The molecule has 234 valence electrons. The summed E-state index contributed by atoms with van der Waals surface area (Å²) in [6.45, 7) is -0.0985. The highest BCUT2D eigenvalue weighted by molar-refractivity contribution is 7.80. The van der Waals surface area contributed by atoms with Crippen LogP contribution in [0.15, 0.2) is 30.5 Å². The number of amides is 5. The lowest BCUT2D eigenvalue weighted by molar-refractivity contribution is -0.140. The number of nitrogens with two attached hydrogens (primary N) is 2. The number of hydrogen-bond acceptors (Lipinski definition) is 8. The number of rotatable bonds is 17. The molecule has 43 heavy (non-hydrogen) atoms. The molecule has 1 aromatic carbocycles. The Labute approximate surface area is 255 Å². The van der Waals surface area contributed by atoms with E-state index in [-0.39, 0.29) is 12.8 Å². The highest BCUT2D eigenvalue weighted by Gasteiger charge is 2.35. The second kappa shape index (κ2) is 16.7. The normalized spacial score (nSPS) is 16.7. The predicted molar refractivity (Wildman–Crippen MR) is 164 cm³/mol. The standard InChI is InChI=1S/C29H41N7O6S/c30-21(13-18-15-32-22-9-4-3-8-20(18)22)27(40)33-16-26(39)34-23(10-2-1-5-12-43)28(41)35-24(14-25(31)38)29(42)36-11-6-7-19(36)17-37/h3-4,8-9,15,17,19,21,23-24,32,43H,1-2,5-7,10-14,16,30H2,(H2,31,38)(H,33,40)(H,34,39)(H,35,41)/t19-,21-,23-,24-/m0/s1. The molecule has 0 saturated carbocycles. The van der Waals surface area contributed by atoms with Gasteiger partial charge in [0.25, 0.3) is 0 Å². The van der Waals surface area contributed by atoms with Gasteiger partial charge < -0.3 is 42.1 Å². The van der Waals surface area contributed by atoms with E-state index in [4.69, 9.17) is 11.5 Å². The van der Waals surface area contributed by atoms with Crippen LogP contribution in [0.4, 0.5) is 0 Å². The molecule has 1 aliphatic heterocycles. The topological polar surface area (TPSA) is 210 Å². The van der Waals surface area contributed by atoms with Crippen molar-refractivity contribution in [3.05, 3.63) is 36.0 Å². The van der Waals surface area contributed by atoms with Gasteiger partial charge in [-0.1, -0.05) is 31.0 Å². The van der Waals surface area contributed by atoms with Crippen molar-refractivity contribution in [1.82, 2.24) is 25.8 Å². The Balaban J connectivity index is 1.60. The number of carbonyl (C=O) groups excluding carboxylic acids is 6. The molecule has 0 spiro atoms. The molecule has 1 fully saturated rings. The lowest BCUT2D eigenvalue weighted by atomic mass is 10.0. The zero-order chi connectivity index (χ0) is 31.4. The summed E-state index contributed by atoms with van der Waals surface area (Å²) in [5, 5.41) is 8.64. The van der Waals surface area contributed by atoms with Crippen molar-refractivity contribution in [2.75, 3.05) is 18.8 Å². The average Bonchev–Trinajstić information content (AvgIpc) is 3.63. The van der Waals surface area contributed by atoms with Crippen molar-refractivity contribution in [2.24, 2.45) is 11.5 Å². The van der Waals surface area contributed by atoms with E-state index in [1.54, 1.807) is 6.20 Å². The highest BCUT2D eigenvalue weighted by Crippen LogP contribution is 2.19. The fraction of sp³-hybridized carbons (Fsp3) is 0.517. The number of primary amides is 1. The van der Waals surface area contributed by atoms with E-state index in [0.717, 1.165) is 29.3 Å². The number of hydrogen-bond donors (Lipinski definition) is 7. The maximum Gasteiger partial charge on any atom is 0.246 e. The zero-order valence-corrected chi connectivity index (χ0v) is 24.9. The summed E-state index contributed by atoms with van der Waals surface area (Å²) in [4.78, 5) is 79.5. The molecule has 8 N–H and O–H groups in total. The quantitative estimate of drug-likeness (QED) is 0.0716. The largest absolute Gasteiger partial charge is 0.370 e. The molecule has 13 nitrogen and oxygen atoms in total. The van der Waals surface area contributed by atoms with Crippen molar-refractivity contribution >= 4 is 59.4 Å². The van der Waals surface area contributed by atoms with Crippen molar-refractivity contribution < 1.29 is 28.8 Å². The Morgan fingerprint density at radius 3 is 2.56 bits per heavy atom. The number of fused-ring (bicyclic) bond motifs is 1. The molecular weight excluding hydrogens is 574 g/mol. The summed E-state index contributed by atoms with van der Waals surface area (Å²) in [7, 11) is 0. The van der Waals surface area contributed by atoms with Crippen LogP contribution >= 0.6 is 12.6 Å². The highest BCUT2D eigenvalue weighted by atomic mass is 32.1. The fourth-order valence-corrected chi connectivity index (χ4v) is 5.38. The molecule has 0 unspecified atom stereocenters. The zero-order valence-electron chi connectivity index (χ0n) is 24.1.